The maximum Gasteiger partial charge on any atom is 0.208 e. The van der Waals surface area contributed by atoms with E-state index in [2.05, 4.69) is 20.3 Å². The number of para-hydroxylation sites is 1. The van der Waals surface area contributed by atoms with Gasteiger partial charge in [0.25, 0.3) is 0 Å². The van der Waals surface area contributed by atoms with E-state index in [-0.39, 0.29) is 24.0 Å². The van der Waals surface area contributed by atoms with Gasteiger partial charge < -0.3 is 15.1 Å². The van der Waals surface area contributed by atoms with Gasteiger partial charge in [-0.2, -0.15) is 0 Å². The number of hydrogen-bond acceptors (Lipinski definition) is 4. The van der Waals surface area contributed by atoms with Crippen LogP contribution in [-0.2, 0) is 16.6 Å². The van der Waals surface area contributed by atoms with Crippen LogP contribution in [0.15, 0.2) is 33.7 Å². The molecule has 0 bridgehead atoms. The van der Waals surface area contributed by atoms with Gasteiger partial charge in [0.1, 0.15) is 17.9 Å². The molecule has 0 amide bonds. The van der Waals surface area contributed by atoms with E-state index in [0.29, 0.717) is 32.0 Å². The van der Waals surface area contributed by atoms with Crippen molar-refractivity contribution in [1.82, 2.24) is 15.4 Å². The van der Waals surface area contributed by atoms with Crippen LogP contribution in [0.5, 0.6) is 0 Å². The van der Waals surface area contributed by atoms with Crippen molar-refractivity contribution in [3.8, 4) is 0 Å². The Bertz CT molecular complexity index is 834. The average Bonchev–Trinajstić information content (AvgIpc) is 2.88. The molecule has 0 unspecified atom stereocenters. The lowest BCUT2D eigenvalue weighted by atomic mass is 10.1. The second-order valence-electron chi connectivity index (χ2n) is 5.79. The summed E-state index contributed by atoms with van der Waals surface area (Å²) in [6.07, 6.45) is 1.82. The summed E-state index contributed by atoms with van der Waals surface area (Å²) >= 11 is 0. The number of aryl methyl sites for hydroxylation is 1. The van der Waals surface area contributed by atoms with Crippen molar-refractivity contribution in [2.24, 2.45) is 4.99 Å². The molecule has 9 heteroatoms. The molecule has 0 radical (unpaired) electrons. The highest BCUT2D eigenvalue weighted by atomic mass is 127. The van der Waals surface area contributed by atoms with Crippen LogP contribution in [0, 0.1) is 6.92 Å². The summed E-state index contributed by atoms with van der Waals surface area (Å²) in [7, 11) is -3.13. The fraction of sp³-hybridized carbons (Fsp3) is 0.471. The summed E-state index contributed by atoms with van der Waals surface area (Å²) in [4.78, 5) is 4.55. The van der Waals surface area contributed by atoms with Crippen LogP contribution >= 0.6 is 24.0 Å². The molecule has 7 nitrogen and oxygen atoms in total. The number of fused-ring (bicyclic) bond motifs is 1. The molecular formula is C17H27IN4O3S. The molecule has 1 heterocycles. The molecule has 0 aliphatic heterocycles. The van der Waals surface area contributed by atoms with Crippen LogP contribution in [0.25, 0.3) is 11.0 Å². The quantitative estimate of drug-likeness (QED) is 0.227. The third-order valence-corrected chi connectivity index (χ3v) is 4.41. The minimum atomic E-state index is -3.13. The minimum absolute atomic E-state index is 0. The van der Waals surface area contributed by atoms with Crippen LogP contribution in [0.3, 0.4) is 0 Å². The van der Waals surface area contributed by atoms with E-state index in [1.807, 2.05) is 38.1 Å². The Labute approximate surface area is 172 Å². The minimum Gasteiger partial charge on any atom is -0.459 e. The van der Waals surface area contributed by atoms with Crippen molar-refractivity contribution < 1.29 is 12.8 Å². The first kappa shape index (κ1) is 22.7. The Morgan fingerprint density at radius 2 is 1.92 bits per heavy atom. The Balaban J connectivity index is 0.00000338. The summed E-state index contributed by atoms with van der Waals surface area (Å²) in [5, 5.41) is 7.47. The Hall–Kier alpha value is -1.33. The van der Waals surface area contributed by atoms with Gasteiger partial charge >= 0.3 is 0 Å². The standard InChI is InChI=1S/C17H26N4O3S.HI/c1-4-18-17(19-10-7-11-21-25(3,22)23)20-12-16-13(2)14-8-5-6-9-15(14)24-16;/h5-6,8-9,21H,4,7,10-12H2,1-3H3,(H2,18,19,20);1H. The predicted molar refractivity (Wildman–Crippen MR) is 117 cm³/mol. The zero-order valence-electron chi connectivity index (χ0n) is 15.3. The van der Waals surface area contributed by atoms with Crippen LogP contribution in [0.4, 0.5) is 0 Å². The van der Waals surface area contributed by atoms with E-state index >= 15 is 0 Å². The van der Waals surface area contributed by atoms with Gasteiger partial charge in [-0.3, -0.25) is 0 Å². The number of benzene rings is 1. The summed E-state index contributed by atoms with van der Waals surface area (Å²) in [5.41, 5.74) is 1.97. The first-order chi connectivity index (χ1) is 11.9. The third kappa shape index (κ3) is 7.12. The monoisotopic (exact) mass is 494 g/mol. The zero-order valence-corrected chi connectivity index (χ0v) is 18.5. The molecule has 0 saturated heterocycles. The SMILES string of the molecule is CCNC(=NCc1oc2ccccc2c1C)NCCCNS(C)(=O)=O.I. The molecule has 3 N–H and O–H groups in total. The summed E-state index contributed by atoms with van der Waals surface area (Å²) in [6, 6.07) is 7.94. The second-order valence-corrected chi connectivity index (χ2v) is 7.62. The molecule has 2 rings (SSSR count). The highest BCUT2D eigenvalue weighted by Gasteiger charge is 2.09. The van der Waals surface area contributed by atoms with E-state index in [4.69, 9.17) is 4.42 Å². The van der Waals surface area contributed by atoms with Gasteiger partial charge in [0.15, 0.2) is 5.96 Å². The zero-order chi connectivity index (χ0) is 18.3. The van der Waals surface area contributed by atoms with Gasteiger partial charge in [-0.05, 0) is 26.3 Å². The maximum atomic E-state index is 11.0. The lowest BCUT2D eigenvalue weighted by Crippen LogP contribution is -2.38. The van der Waals surface area contributed by atoms with Gasteiger partial charge in [-0.15, -0.1) is 24.0 Å². The van der Waals surface area contributed by atoms with Crippen molar-refractivity contribution in [1.29, 1.82) is 0 Å². The lowest BCUT2D eigenvalue weighted by molar-refractivity contribution is 0.547. The van der Waals surface area contributed by atoms with E-state index in [1.54, 1.807) is 0 Å². The van der Waals surface area contributed by atoms with Crippen molar-refractivity contribution in [2.45, 2.75) is 26.8 Å². The van der Waals surface area contributed by atoms with Crippen molar-refractivity contribution in [2.75, 3.05) is 25.9 Å². The smallest absolute Gasteiger partial charge is 0.208 e. The molecule has 1 aromatic heterocycles. The number of sulfonamides is 1. The summed E-state index contributed by atoms with van der Waals surface area (Å²) in [5.74, 6) is 1.53. The van der Waals surface area contributed by atoms with Crippen molar-refractivity contribution in [3.63, 3.8) is 0 Å². The largest absolute Gasteiger partial charge is 0.459 e. The Kier molecular flexibility index (Phi) is 9.37. The van der Waals surface area contributed by atoms with Gasteiger partial charge in [0, 0.05) is 30.6 Å². The van der Waals surface area contributed by atoms with Gasteiger partial charge in [-0.1, -0.05) is 18.2 Å². The lowest BCUT2D eigenvalue weighted by Gasteiger charge is -2.11. The number of hydrogen-bond donors (Lipinski definition) is 3. The highest BCUT2D eigenvalue weighted by molar-refractivity contribution is 14.0. The average molecular weight is 494 g/mol. The second kappa shape index (κ2) is 10.7. The van der Waals surface area contributed by atoms with E-state index < -0.39 is 10.0 Å². The van der Waals surface area contributed by atoms with Gasteiger partial charge in [-0.25, -0.2) is 18.1 Å². The molecule has 0 fully saturated rings. The molecule has 0 spiro atoms. The van der Waals surface area contributed by atoms with Crippen LogP contribution < -0.4 is 15.4 Å². The molecule has 2 aromatic rings. The molecule has 0 aliphatic rings. The topological polar surface area (TPSA) is 95.7 Å². The van der Waals surface area contributed by atoms with Gasteiger partial charge in [0.2, 0.25) is 10.0 Å². The van der Waals surface area contributed by atoms with E-state index in [0.717, 1.165) is 35.1 Å². The number of nitrogens with one attached hydrogen (secondary N) is 3. The summed E-state index contributed by atoms with van der Waals surface area (Å²) < 4.78 is 30.4. The molecule has 0 atom stereocenters. The van der Waals surface area contributed by atoms with Crippen LogP contribution in [0.2, 0.25) is 0 Å². The molecular weight excluding hydrogens is 467 g/mol. The fourth-order valence-electron chi connectivity index (χ4n) is 2.42. The molecule has 146 valence electrons. The highest BCUT2D eigenvalue weighted by Crippen LogP contribution is 2.25. The van der Waals surface area contributed by atoms with Crippen molar-refractivity contribution in [3.05, 3.63) is 35.6 Å². The van der Waals surface area contributed by atoms with Gasteiger partial charge in [0.05, 0.1) is 6.26 Å². The van der Waals surface area contributed by atoms with Crippen molar-refractivity contribution >= 4 is 50.9 Å². The number of furan rings is 1. The predicted octanol–water partition coefficient (Wildman–Crippen LogP) is 2.35. The van der Waals surface area contributed by atoms with E-state index in [1.165, 1.54) is 0 Å². The molecule has 1 aromatic carbocycles. The first-order valence-electron chi connectivity index (χ1n) is 8.34. The Morgan fingerprint density at radius 3 is 2.58 bits per heavy atom. The number of aliphatic imine (C=N–C) groups is 1. The summed E-state index contributed by atoms with van der Waals surface area (Å²) in [6.45, 7) is 6.23. The molecule has 26 heavy (non-hydrogen) atoms. The molecule has 0 saturated carbocycles. The number of nitrogens with zero attached hydrogens (tertiary/aromatic N) is 1. The molecule has 0 aliphatic carbocycles. The maximum absolute atomic E-state index is 11.0. The van der Waals surface area contributed by atoms with E-state index in [9.17, 15) is 8.42 Å². The van der Waals surface area contributed by atoms with Crippen LogP contribution in [0.1, 0.15) is 24.7 Å². The number of halogens is 1. The van der Waals surface area contributed by atoms with Crippen LogP contribution in [-0.4, -0.2) is 40.3 Å². The normalized spacial score (nSPS) is 12.0. The third-order valence-electron chi connectivity index (χ3n) is 3.68. The first-order valence-corrected chi connectivity index (χ1v) is 10.2. The fourth-order valence-corrected chi connectivity index (χ4v) is 2.94. The Morgan fingerprint density at radius 1 is 1.19 bits per heavy atom. The number of guanidine groups is 1. The number of rotatable bonds is 8.